The van der Waals surface area contributed by atoms with Crippen molar-refractivity contribution in [3.05, 3.63) is 23.8 Å². The summed E-state index contributed by atoms with van der Waals surface area (Å²) in [6.07, 6.45) is -0.685. The molecule has 0 saturated heterocycles. The van der Waals surface area contributed by atoms with E-state index in [1.165, 1.54) is 4.90 Å². The Labute approximate surface area is 121 Å². The van der Waals surface area contributed by atoms with Crippen molar-refractivity contribution in [3.8, 4) is 5.75 Å². The van der Waals surface area contributed by atoms with Gasteiger partial charge in [-0.2, -0.15) is 0 Å². The van der Waals surface area contributed by atoms with Crippen LogP contribution in [0.5, 0.6) is 5.75 Å². The second-order valence-electron chi connectivity index (χ2n) is 5.90. The highest BCUT2D eigenvalue weighted by molar-refractivity contribution is 5.90. The van der Waals surface area contributed by atoms with Crippen molar-refractivity contribution in [2.45, 2.75) is 32.4 Å². The van der Waals surface area contributed by atoms with Crippen LogP contribution in [0, 0.1) is 11.6 Å². The van der Waals surface area contributed by atoms with Crippen LogP contribution >= 0.6 is 0 Å². The lowest BCUT2D eigenvalue weighted by Crippen LogP contribution is -2.44. The van der Waals surface area contributed by atoms with Crippen molar-refractivity contribution < 1.29 is 23.0 Å². The molecule has 1 aliphatic rings. The van der Waals surface area contributed by atoms with E-state index >= 15 is 0 Å². The zero-order valence-corrected chi connectivity index (χ0v) is 12.2. The number of amides is 1. The number of benzene rings is 1. The van der Waals surface area contributed by atoms with Crippen LogP contribution < -0.4 is 15.4 Å². The van der Waals surface area contributed by atoms with Gasteiger partial charge in [-0.3, -0.25) is 4.90 Å². The summed E-state index contributed by atoms with van der Waals surface area (Å²) < 4.78 is 37.4. The lowest BCUT2D eigenvalue weighted by molar-refractivity contribution is 0.0579. The molecule has 1 unspecified atom stereocenters. The molecule has 1 amide bonds. The molecule has 0 radical (unpaired) electrons. The molecule has 0 bridgehead atoms. The molecule has 1 aromatic rings. The van der Waals surface area contributed by atoms with Crippen LogP contribution in [0.1, 0.15) is 20.8 Å². The predicted octanol–water partition coefficient (Wildman–Crippen LogP) is 2.43. The average Bonchev–Trinajstić information content (AvgIpc) is 2.49. The van der Waals surface area contributed by atoms with Gasteiger partial charge in [-0.25, -0.2) is 13.6 Å². The minimum Gasteiger partial charge on any atom is -0.490 e. The number of rotatable bonds is 0. The minimum absolute atomic E-state index is 0.0627. The maximum atomic E-state index is 13.5. The molecule has 0 saturated carbocycles. The number of hydrogen-bond donors (Lipinski definition) is 1. The summed E-state index contributed by atoms with van der Waals surface area (Å²) in [7, 11) is 0. The highest BCUT2D eigenvalue weighted by atomic mass is 19.2. The van der Waals surface area contributed by atoms with E-state index in [9.17, 15) is 13.6 Å². The summed E-state index contributed by atoms with van der Waals surface area (Å²) in [5.41, 5.74) is 5.21. The van der Waals surface area contributed by atoms with Crippen LogP contribution in [-0.4, -0.2) is 30.9 Å². The smallest absolute Gasteiger partial charge is 0.414 e. The first kappa shape index (κ1) is 15.5. The van der Waals surface area contributed by atoms with Gasteiger partial charge in [0.25, 0.3) is 0 Å². The maximum absolute atomic E-state index is 13.5. The summed E-state index contributed by atoms with van der Waals surface area (Å²) >= 11 is 0. The molecular formula is C14H18F2N2O3. The zero-order valence-electron chi connectivity index (χ0n) is 12.2. The molecule has 2 rings (SSSR count). The molecule has 0 aliphatic carbocycles. The molecule has 1 heterocycles. The van der Waals surface area contributed by atoms with E-state index in [2.05, 4.69) is 0 Å². The predicted molar refractivity (Wildman–Crippen MR) is 73.4 cm³/mol. The Balaban J connectivity index is 2.40. The molecule has 0 spiro atoms. The third kappa shape index (κ3) is 3.60. The number of carbonyl (C=O) groups is 1. The molecule has 7 heteroatoms. The Morgan fingerprint density at radius 1 is 1.38 bits per heavy atom. The third-order valence-corrected chi connectivity index (χ3v) is 2.78. The lowest BCUT2D eigenvalue weighted by atomic mass is 10.2. The summed E-state index contributed by atoms with van der Waals surface area (Å²) in [6, 6.07) is 1.32. The number of carbonyl (C=O) groups excluding carboxylic acids is 1. The van der Waals surface area contributed by atoms with E-state index in [0.717, 1.165) is 12.1 Å². The second kappa shape index (κ2) is 5.48. The van der Waals surface area contributed by atoms with Gasteiger partial charge in [-0.1, -0.05) is 0 Å². The molecule has 5 nitrogen and oxygen atoms in total. The average molecular weight is 300 g/mol. The van der Waals surface area contributed by atoms with Crippen LogP contribution in [0.15, 0.2) is 12.1 Å². The fourth-order valence-corrected chi connectivity index (χ4v) is 1.92. The number of nitrogens with two attached hydrogens (primary N) is 1. The van der Waals surface area contributed by atoms with Gasteiger partial charge >= 0.3 is 6.09 Å². The molecule has 116 valence electrons. The van der Waals surface area contributed by atoms with Gasteiger partial charge in [0.2, 0.25) is 0 Å². The van der Waals surface area contributed by atoms with Crippen molar-refractivity contribution in [2.75, 3.05) is 18.1 Å². The van der Waals surface area contributed by atoms with Crippen molar-refractivity contribution in [1.29, 1.82) is 0 Å². The summed E-state index contributed by atoms with van der Waals surface area (Å²) in [5.74, 6) is -2.05. The van der Waals surface area contributed by atoms with Gasteiger partial charge in [0.05, 0.1) is 11.7 Å². The summed E-state index contributed by atoms with van der Waals surface area (Å²) in [5, 5.41) is 0. The Morgan fingerprint density at radius 2 is 2.00 bits per heavy atom. The van der Waals surface area contributed by atoms with Crippen LogP contribution in [0.3, 0.4) is 0 Å². The van der Waals surface area contributed by atoms with Gasteiger partial charge in [0.15, 0.2) is 11.6 Å². The van der Waals surface area contributed by atoms with Gasteiger partial charge < -0.3 is 15.2 Å². The van der Waals surface area contributed by atoms with Crippen molar-refractivity contribution in [2.24, 2.45) is 5.73 Å². The molecule has 0 aromatic heterocycles. The van der Waals surface area contributed by atoms with Crippen molar-refractivity contribution in [1.82, 2.24) is 0 Å². The number of ether oxygens (including phenoxy) is 2. The first-order chi connectivity index (χ1) is 9.67. The fraction of sp³-hybridized carbons (Fsp3) is 0.500. The second-order valence-corrected chi connectivity index (χ2v) is 5.90. The topological polar surface area (TPSA) is 64.8 Å². The van der Waals surface area contributed by atoms with Crippen LogP contribution in [-0.2, 0) is 4.74 Å². The normalized spacial score (nSPS) is 18.6. The highest BCUT2D eigenvalue weighted by Crippen LogP contribution is 2.33. The summed E-state index contributed by atoms with van der Waals surface area (Å²) in [6.45, 7) is 5.33. The maximum Gasteiger partial charge on any atom is 0.414 e. The van der Waals surface area contributed by atoms with E-state index in [1.807, 2.05) is 0 Å². The molecule has 0 fully saturated rings. The van der Waals surface area contributed by atoms with E-state index < -0.39 is 29.4 Å². The number of fused-ring (bicyclic) bond motifs is 1. The Kier molecular flexibility index (Phi) is 4.04. The highest BCUT2D eigenvalue weighted by Gasteiger charge is 2.30. The van der Waals surface area contributed by atoms with Gasteiger partial charge in [0, 0.05) is 18.7 Å². The van der Waals surface area contributed by atoms with Gasteiger partial charge in [0.1, 0.15) is 18.0 Å². The largest absolute Gasteiger partial charge is 0.490 e. The quantitative estimate of drug-likeness (QED) is 0.799. The number of hydrogen-bond acceptors (Lipinski definition) is 4. The summed E-state index contributed by atoms with van der Waals surface area (Å²) in [4.78, 5) is 13.4. The van der Waals surface area contributed by atoms with E-state index in [0.29, 0.717) is 0 Å². The lowest BCUT2D eigenvalue weighted by Gasteiger charge is -2.27. The van der Waals surface area contributed by atoms with E-state index in [-0.39, 0.29) is 24.6 Å². The standard InChI is InChI=1S/C14H18F2N2O3/c1-14(2,3)21-13(19)18-6-8(17)7-20-12-5-10(16)9(15)4-11(12)18/h4-5,8H,6-7,17H2,1-3H3. The van der Waals surface area contributed by atoms with E-state index in [1.54, 1.807) is 20.8 Å². The van der Waals surface area contributed by atoms with Crippen LogP contribution in [0.25, 0.3) is 0 Å². The minimum atomic E-state index is -1.07. The molecule has 21 heavy (non-hydrogen) atoms. The molecule has 1 aliphatic heterocycles. The SMILES string of the molecule is CC(C)(C)OC(=O)N1CC(N)COc2cc(F)c(F)cc21. The first-order valence-corrected chi connectivity index (χ1v) is 6.55. The third-order valence-electron chi connectivity index (χ3n) is 2.78. The molecule has 1 aromatic carbocycles. The Morgan fingerprint density at radius 3 is 2.62 bits per heavy atom. The molecule has 1 atom stereocenters. The molecular weight excluding hydrogens is 282 g/mol. The van der Waals surface area contributed by atoms with Gasteiger partial charge in [-0.05, 0) is 20.8 Å². The monoisotopic (exact) mass is 300 g/mol. The van der Waals surface area contributed by atoms with Crippen LogP contribution in [0.2, 0.25) is 0 Å². The van der Waals surface area contributed by atoms with Crippen LogP contribution in [0.4, 0.5) is 19.3 Å². The Bertz CT molecular complexity index is 558. The molecule has 2 N–H and O–H groups in total. The fourth-order valence-electron chi connectivity index (χ4n) is 1.92. The number of anilines is 1. The Hall–Kier alpha value is -1.89. The van der Waals surface area contributed by atoms with Gasteiger partial charge in [-0.15, -0.1) is 0 Å². The first-order valence-electron chi connectivity index (χ1n) is 6.55. The number of nitrogens with zero attached hydrogens (tertiary/aromatic N) is 1. The van der Waals surface area contributed by atoms with E-state index in [4.69, 9.17) is 15.2 Å². The van der Waals surface area contributed by atoms with Crippen molar-refractivity contribution in [3.63, 3.8) is 0 Å². The number of halogens is 2. The van der Waals surface area contributed by atoms with Crippen molar-refractivity contribution >= 4 is 11.8 Å². The zero-order chi connectivity index (χ0) is 15.8.